The van der Waals surface area contributed by atoms with Crippen LogP contribution in [0.1, 0.15) is 11.8 Å². The predicted molar refractivity (Wildman–Crippen MR) is 37.8 cm³/mol. The van der Waals surface area contributed by atoms with Gasteiger partial charge in [0.15, 0.2) is 0 Å². The first kappa shape index (κ1) is 15.1. The molecule has 0 aliphatic carbocycles. The van der Waals surface area contributed by atoms with Crippen LogP contribution in [-0.2, 0) is 26.1 Å². The fourth-order valence-electron chi connectivity index (χ4n) is 0.647. The van der Waals surface area contributed by atoms with Crippen LogP contribution in [0.3, 0.4) is 0 Å². The van der Waals surface area contributed by atoms with Crippen molar-refractivity contribution < 1.29 is 72.5 Å². The predicted octanol–water partition coefficient (Wildman–Crippen LogP) is -3.15. The number of carbonyl (C=O) groups is 1. The molecule has 0 saturated carbocycles. The van der Waals surface area contributed by atoms with Gasteiger partial charge in [0.05, 0.1) is 0 Å². The molecule has 1 aromatic carbocycles. The minimum absolute atomic E-state index is 0. The Kier molecular flexibility index (Phi) is 8.84. The van der Waals surface area contributed by atoms with Crippen molar-refractivity contribution in [1.29, 1.82) is 0 Å². The van der Waals surface area contributed by atoms with Gasteiger partial charge in [-0.05, 0) is 0 Å². The number of benzene rings is 1. The number of hydrogen-bond acceptors (Lipinski definition) is 1. The third-order valence-electron chi connectivity index (χ3n) is 1.20. The Hall–Kier alpha value is 0.585. The number of carboxylic acids is 1. The SMILES string of the molecule is O.O=C(O)c1cc[c]([Hg])cc1.[H-].[Na+]. The molecule has 0 spiro atoms. The van der Waals surface area contributed by atoms with E-state index in [-0.39, 0.29) is 36.5 Å². The number of rotatable bonds is 1. The summed E-state index contributed by atoms with van der Waals surface area (Å²) in [5.41, 5.74) is 0.370. The van der Waals surface area contributed by atoms with Gasteiger partial charge in [-0.15, -0.1) is 0 Å². The molecular weight excluding hydrogens is 356 g/mol. The van der Waals surface area contributed by atoms with Crippen molar-refractivity contribution in [2.24, 2.45) is 0 Å². The van der Waals surface area contributed by atoms with Crippen LogP contribution in [0.5, 0.6) is 0 Å². The van der Waals surface area contributed by atoms with Crippen molar-refractivity contribution in [2.75, 3.05) is 0 Å². The third kappa shape index (κ3) is 4.57. The van der Waals surface area contributed by atoms with Crippen LogP contribution in [0, 0.1) is 0 Å². The smallest absolute Gasteiger partial charge is 1.00 e. The maximum absolute atomic E-state index is 10.3. The summed E-state index contributed by atoms with van der Waals surface area (Å²) in [4.78, 5) is 10.3. The Balaban J connectivity index is -0.000000333. The standard InChI is InChI=1S/C7H5O2.Hg.Na.H2O.H/c8-7(9)6-4-2-1-3-5-6;;;;/h2-5H,(H,8,9);;;1H2;/q;;+1;;-1. The second-order valence-electron chi connectivity index (χ2n) is 2.00. The zero-order valence-corrected chi connectivity index (χ0v) is 14.4. The molecule has 1 aromatic rings. The number of hydrogen-bond donors (Lipinski definition) is 1. The van der Waals surface area contributed by atoms with Crippen LogP contribution in [0.4, 0.5) is 0 Å². The summed E-state index contributed by atoms with van der Waals surface area (Å²) in [7, 11) is 0. The Morgan fingerprint density at radius 3 is 2.08 bits per heavy atom. The van der Waals surface area contributed by atoms with E-state index in [1.54, 1.807) is 12.1 Å². The quantitative estimate of drug-likeness (QED) is 0.536. The van der Waals surface area contributed by atoms with Gasteiger partial charge in [0.25, 0.3) is 0 Å². The van der Waals surface area contributed by atoms with Crippen LogP contribution in [0.15, 0.2) is 24.3 Å². The first-order valence-corrected chi connectivity index (χ1v) is 5.60. The normalized spacial score (nSPS) is 7.83. The van der Waals surface area contributed by atoms with Gasteiger partial charge >= 0.3 is 104 Å². The number of carboxylic acid groups (broad SMARTS) is 1. The molecule has 0 amide bonds. The molecule has 5 heteroatoms. The molecule has 3 N–H and O–H groups in total. The van der Waals surface area contributed by atoms with Gasteiger partial charge in [0.2, 0.25) is 0 Å². The van der Waals surface area contributed by atoms with E-state index in [9.17, 15) is 4.79 Å². The van der Waals surface area contributed by atoms with Crippen molar-refractivity contribution in [2.45, 2.75) is 0 Å². The third-order valence-corrected chi connectivity index (χ3v) is 3.03. The molecule has 3 nitrogen and oxygen atoms in total. The molecule has 0 fully saturated rings. The van der Waals surface area contributed by atoms with Gasteiger partial charge in [-0.25, -0.2) is 0 Å². The monoisotopic (exact) mass is 365 g/mol. The molecule has 0 radical (unpaired) electrons. The Labute approximate surface area is 110 Å². The van der Waals surface area contributed by atoms with Crippen molar-refractivity contribution in [3.05, 3.63) is 29.8 Å². The summed E-state index contributed by atoms with van der Waals surface area (Å²) in [5, 5.41) is 8.49. The molecule has 0 aromatic heterocycles. The molecule has 12 heavy (non-hydrogen) atoms. The van der Waals surface area contributed by atoms with Gasteiger partial charge in [-0.1, -0.05) is 0 Å². The van der Waals surface area contributed by atoms with Crippen molar-refractivity contribution in [3.63, 3.8) is 0 Å². The Morgan fingerprint density at radius 2 is 1.75 bits per heavy atom. The molecule has 0 saturated heterocycles. The maximum atomic E-state index is 10.3. The van der Waals surface area contributed by atoms with Crippen LogP contribution in [-0.4, -0.2) is 16.6 Å². The molecule has 0 atom stereocenters. The fourth-order valence-corrected chi connectivity index (χ4v) is 1.56. The van der Waals surface area contributed by atoms with E-state index in [0.717, 1.165) is 0 Å². The van der Waals surface area contributed by atoms with E-state index >= 15 is 0 Å². The first-order chi connectivity index (χ1) is 4.70. The zero-order chi connectivity index (χ0) is 7.56. The molecule has 0 aliphatic rings. The Morgan fingerprint density at radius 1 is 1.33 bits per heavy atom. The van der Waals surface area contributed by atoms with Gasteiger partial charge in [0.1, 0.15) is 0 Å². The van der Waals surface area contributed by atoms with Crippen molar-refractivity contribution in [3.8, 4) is 0 Å². The summed E-state index contributed by atoms with van der Waals surface area (Å²) >= 11 is 0.596. The van der Waals surface area contributed by atoms with E-state index in [1.165, 1.54) is 3.07 Å². The van der Waals surface area contributed by atoms with Gasteiger partial charge in [-0.3, -0.25) is 0 Å². The number of aromatic carboxylic acids is 1. The van der Waals surface area contributed by atoms with E-state index in [0.29, 0.717) is 31.7 Å². The molecular formula is C7H8HgNaO3. The summed E-state index contributed by atoms with van der Waals surface area (Å²) in [5.74, 6) is -0.853. The molecule has 0 heterocycles. The van der Waals surface area contributed by atoms with E-state index in [2.05, 4.69) is 0 Å². The van der Waals surface area contributed by atoms with Gasteiger partial charge in [0, 0.05) is 0 Å². The molecule has 0 bridgehead atoms. The fraction of sp³-hybridized carbons (Fsp3) is 0. The van der Waals surface area contributed by atoms with Crippen LogP contribution in [0.25, 0.3) is 0 Å². The van der Waals surface area contributed by atoms with Crippen LogP contribution < -0.4 is 32.6 Å². The zero-order valence-electron chi connectivity index (χ0n) is 7.87. The second-order valence-corrected chi connectivity index (χ2v) is 5.18. The van der Waals surface area contributed by atoms with Crippen molar-refractivity contribution in [1.82, 2.24) is 0 Å². The summed E-state index contributed by atoms with van der Waals surface area (Å²) in [6, 6.07) is 7.02. The van der Waals surface area contributed by atoms with Crippen molar-refractivity contribution >= 4 is 9.04 Å². The van der Waals surface area contributed by atoms with Gasteiger partial charge < -0.3 is 6.90 Å². The molecule has 0 unspecified atom stereocenters. The summed E-state index contributed by atoms with van der Waals surface area (Å²) in [6.45, 7) is 0. The maximum Gasteiger partial charge on any atom is 1.00 e. The molecule has 57 valence electrons. The van der Waals surface area contributed by atoms with Crippen LogP contribution in [0.2, 0.25) is 0 Å². The first-order valence-electron chi connectivity index (χ1n) is 2.85. The minimum atomic E-state index is -0.853. The van der Waals surface area contributed by atoms with E-state index in [4.69, 9.17) is 5.11 Å². The molecule has 0 aliphatic heterocycles. The average Bonchev–Trinajstić information content (AvgIpc) is 1.88. The van der Waals surface area contributed by atoms with Gasteiger partial charge in [-0.2, -0.15) is 0 Å². The summed E-state index contributed by atoms with van der Waals surface area (Å²) in [6.07, 6.45) is 0. The summed E-state index contributed by atoms with van der Waals surface area (Å²) < 4.78 is 1.27. The topological polar surface area (TPSA) is 68.8 Å². The molecule has 1 rings (SSSR count). The largest absolute Gasteiger partial charge is 1.00 e. The second kappa shape index (κ2) is 7.03. The van der Waals surface area contributed by atoms with E-state index in [1.807, 2.05) is 12.1 Å². The van der Waals surface area contributed by atoms with Crippen LogP contribution >= 0.6 is 0 Å². The Bertz CT molecular complexity index is 252. The minimum Gasteiger partial charge on any atom is -1.00 e. The average molecular weight is 364 g/mol. The van der Waals surface area contributed by atoms with E-state index < -0.39 is 5.97 Å².